The van der Waals surface area contributed by atoms with Gasteiger partial charge in [-0.3, -0.25) is 9.59 Å². The smallest absolute Gasteiger partial charge is 0.309 e. The molecule has 6 rings (SSSR count). The molecule has 2 aromatic rings. The zero-order chi connectivity index (χ0) is 22.5. The summed E-state index contributed by atoms with van der Waals surface area (Å²) >= 11 is 0. The monoisotopic (exact) mass is 424 g/mol. The van der Waals surface area contributed by atoms with E-state index in [1.807, 2.05) is 60.7 Å². The van der Waals surface area contributed by atoms with Crippen LogP contribution in [0.4, 0.5) is 0 Å². The number of rotatable bonds is 2. The van der Waals surface area contributed by atoms with E-state index < -0.39 is 33.6 Å². The molecule has 0 atom stereocenters. The minimum absolute atomic E-state index is 0.161. The molecule has 4 aliphatic carbocycles. The van der Waals surface area contributed by atoms with Gasteiger partial charge >= 0.3 is 11.9 Å². The van der Waals surface area contributed by atoms with Crippen molar-refractivity contribution in [3.05, 3.63) is 71.8 Å². The van der Waals surface area contributed by atoms with Crippen LogP contribution in [0, 0.1) is 45.3 Å². The van der Waals surface area contributed by atoms with Gasteiger partial charge in [0.15, 0.2) is 0 Å². The highest BCUT2D eigenvalue weighted by Gasteiger charge is 2.72. The van der Waals surface area contributed by atoms with Crippen LogP contribution in [0.3, 0.4) is 0 Å². The van der Waals surface area contributed by atoms with Crippen molar-refractivity contribution in [2.75, 3.05) is 0 Å². The number of carboxylic acids is 2. The van der Waals surface area contributed by atoms with E-state index in [1.54, 1.807) is 0 Å². The van der Waals surface area contributed by atoms with E-state index in [0.29, 0.717) is 32.1 Å². The second-order valence-electron chi connectivity index (χ2n) is 10.0. The van der Waals surface area contributed by atoms with Gasteiger partial charge in [0.05, 0.1) is 10.8 Å². The van der Waals surface area contributed by atoms with E-state index in [-0.39, 0.29) is 6.42 Å². The predicted octanol–water partition coefficient (Wildman–Crippen LogP) is 4.59. The molecule has 4 aliphatic rings. The fourth-order valence-electron chi connectivity index (χ4n) is 6.81. The number of hydrogen-bond acceptors (Lipinski definition) is 2. The molecule has 4 nitrogen and oxygen atoms in total. The minimum atomic E-state index is -1.11. The SMILES string of the molecule is O=C(O)C12CC3(C#Cc4ccccc4)CC(C#Cc4ccccc4)(C1)CC(C(=O)O)(C3)C2. The lowest BCUT2D eigenvalue weighted by Gasteiger charge is -2.65. The van der Waals surface area contributed by atoms with Gasteiger partial charge < -0.3 is 10.2 Å². The van der Waals surface area contributed by atoms with Crippen molar-refractivity contribution in [2.45, 2.75) is 38.5 Å². The van der Waals surface area contributed by atoms with Gasteiger partial charge in [-0.25, -0.2) is 0 Å². The normalized spacial score (nSPS) is 34.0. The van der Waals surface area contributed by atoms with Crippen LogP contribution in [-0.2, 0) is 9.59 Å². The zero-order valence-corrected chi connectivity index (χ0v) is 17.7. The van der Waals surface area contributed by atoms with Gasteiger partial charge in [0.2, 0.25) is 0 Å². The van der Waals surface area contributed by atoms with Gasteiger partial charge in [-0.05, 0) is 62.8 Å². The molecule has 0 amide bonds. The van der Waals surface area contributed by atoms with E-state index >= 15 is 0 Å². The summed E-state index contributed by atoms with van der Waals surface area (Å²) in [5.41, 5.74) is -1.87. The second kappa shape index (κ2) is 7.01. The molecule has 2 N–H and O–H groups in total. The third-order valence-electron chi connectivity index (χ3n) is 7.46. The number of carboxylic acid groups (broad SMARTS) is 2. The molecule has 2 aromatic carbocycles. The summed E-state index contributed by atoms with van der Waals surface area (Å²) in [6.45, 7) is 0. The Bertz CT molecular complexity index is 1100. The molecule has 0 unspecified atom stereocenters. The Balaban J connectivity index is 1.65. The van der Waals surface area contributed by atoms with Crippen molar-refractivity contribution >= 4 is 11.9 Å². The summed E-state index contributed by atoms with van der Waals surface area (Å²) < 4.78 is 0. The van der Waals surface area contributed by atoms with Gasteiger partial charge in [0.1, 0.15) is 0 Å². The van der Waals surface area contributed by atoms with Crippen molar-refractivity contribution in [1.29, 1.82) is 0 Å². The highest BCUT2D eigenvalue weighted by molar-refractivity contribution is 5.82. The summed E-state index contributed by atoms with van der Waals surface area (Å²) in [5, 5.41) is 20.6. The molecule has 0 saturated heterocycles. The average molecular weight is 424 g/mol. The second-order valence-corrected chi connectivity index (χ2v) is 10.0. The Morgan fingerprint density at radius 3 is 1.31 bits per heavy atom. The number of aliphatic carboxylic acids is 2. The van der Waals surface area contributed by atoms with E-state index in [2.05, 4.69) is 23.7 Å². The number of carbonyl (C=O) groups is 2. The number of hydrogen-bond donors (Lipinski definition) is 2. The standard InChI is InChI=1S/C28H24O4/c29-23(30)27-16-25(13-11-21-7-3-1-4-8-21)15-26(18-27,14-12-22-9-5-2-6-10-22)19-28(17-25,20-27)24(31)32/h1-10H,15-20H2,(H,29,30)(H,31,32). The lowest BCUT2D eigenvalue weighted by Crippen LogP contribution is -2.64. The minimum Gasteiger partial charge on any atom is -0.481 e. The van der Waals surface area contributed by atoms with Crippen LogP contribution in [0.2, 0.25) is 0 Å². The maximum atomic E-state index is 12.6. The molecule has 32 heavy (non-hydrogen) atoms. The Labute approximate surface area is 187 Å². The lowest BCUT2D eigenvalue weighted by molar-refractivity contribution is -0.203. The molecule has 0 radical (unpaired) electrons. The molecule has 4 heteroatoms. The lowest BCUT2D eigenvalue weighted by atomic mass is 9.35. The van der Waals surface area contributed by atoms with Gasteiger partial charge in [0.25, 0.3) is 0 Å². The van der Waals surface area contributed by atoms with E-state index in [0.717, 1.165) is 11.1 Å². The first kappa shape index (κ1) is 20.4. The van der Waals surface area contributed by atoms with E-state index in [4.69, 9.17) is 0 Å². The van der Waals surface area contributed by atoms with Crippen LogP contribution in [0.15, 0.2) is 60.7 Å². The first-order valence-electron chi connectivity index (χ1n) is 10.9. The molecule has 160 valence electrons. The van der Waals surface area contributed by atoms with Crippen molar-refractivity contribution in [1.82, 2.24) is 0 Å². The maximum Gasteiger partial charge on any atom is 0.309 e. The van der Waals surface area contributed by atoms with Crippen LogP contribution >= 0.6 is 0 Å². The predicted molar refractivity (Wildman–Crippen MR) is 119 cm³/mol. The molecule has 0 aliphatic heterocycles. The van der Waals surface area contributed by atoms with E-state index in [9.17, 15) is 19.8 Å². The molecule has 4 bridgehead atoms. The van der Waals surface area contributed by atoms with Gasteiger partial charge in [0, 0.05) is 22.0 Å². The molecule has 0 aromatic heterocycles. The summed E-state index contributed by atoms with van der Waals surface area (Å²) in [5.74, 6) is 11.4. The summed E-state index contributed by atoms with van der Waals surface area (Å²) in [6.07, 6.45) is 2.33. The fraction of sp³-hybridized carbons (Fsp3) is 0.357. The Morgan fingerprint density at radius 1 is 0.594 bits per heavy atom. The van der Waals surface area contributed by atoms with Crippen LogP contribution in [-0.4, -0.2) is 22.2 Å². The van der Waals surface area contributed by atoms with Crippen LogP contribution in [0.1, 0.15) is 49.7 Å². The van der Waals surface area contributed by atoms with Crippen LogP contribution in [0.25, 0.3) is 0 Å². The van der Waals surface area contributed by atoms with Crippen LogP contribution < -0.4 is 0 Å². The van der Waals surface area contributed by atoms with Crippen molar-refractivity contribution in [3.63, 3.8) is 0 Å². The van der Waals surface area contributed by atoms with Gasteiger partial charge in [-0.2, -0.15) is 0 Å². The first-order chi connectivity index (χ1) is 15.3. The van der Waals surface area contributed by atoms with Crippen molar-refractivity contribution < 1.29 is 19.8 Å². The Morgan fingerprint density at radius 2 is 0.969 bits per heavy atom. The molecular formula is C28H24O4. The Hall–Kier alpha value is -3.50. The van der Waals surface area contributed by atoms with E-state index in [1.165, 1.54) is 0 Å². The molecule has 0 heterocycles. The third kappa shape index (κ3) is 3.28. The Kier molecular flexibility index (Phi) is 4.47. The summed E-state index contributed by atoms with van der Waals surface area (Å²) in [7, 11) is 0. The molecular weight excluding hydrogens is 400 g/mol. The molecule has 0 spiro atoms. The third-order valence-corrected chi connectivity index (χ3v) is 7.46. The van der Waals surface area contributed by atoms with Gasteiger partial charge in [-0.15, -0.1) is 0 Å². The average Bonchev–Trinajstić information content (AvgIpc) is 2.77. The highest BCUT2D eigenvalue weighted by Crippen LogP contribution is 2.73. The molecule has 4 fully saturated rings. The molecule has 4 saturated carbocycles. The fourth-order valence-corrected chi connectivity index (χ4v) is 6.81. The largest absolute Gasteiger partial charge is 0.481 e. The summed E-state index contributed by atoms with van der Waals surface area (Å²) in [4.78, 5) is 25.1. The van der Waals surface area contributed by atoms with Crippen LogP contribution in [0.5, 0.6) is 0 Å². The first-order valence-corrected chi connectivity index (χ1v) is 10.9. The topological polar surface area (TPSA) is 74.6 Å². The van der Waals surface area contributed by atoms with Gasteiger partial charge in [-0.1, -0.05) is 60.1 Å². The van der Waals surface area contributed by atoms with Crippen molar-refractivity contribution in [3.8, 4) is 23.7 Å². The van der Waals surface area contributed by atoms with Crippen molar-refractivity contribution in [2.24, 2.45) is 21.7 Å². The number of benzene rings is 2. The highest BCUT2D eigenvalue weighted by atomic mass is 16.4. The quantitative estimate of drug-likeness (QED) is 0.692. The maximum absolute atomic E-state index is 12.6. The summed E-state index contributed by atoms with van der Waals surface area (Å²) in [6, 6.07) is 19.1. The zero-order valence-electron chi connectivity index (χ0n) is 17.7.